The predicted molar refractivity (Wildman–Crippen MR) is 99.5 cm³/mol. The number of carbonyl (C=O) groups excluding carboxylic acids is 1. The van der Waals surface area contributed by atoms with Gasteiger partial charge in [0.05, 0.1) is 18.4 Å². The molecule has 0 saturated carbocycles. The molecule has 130 valence electrons. The van der Waals surface area contributed by atoms with Gasteiger partial charge in [-0.2, -0.15) is 0 Å². The molecule has 4 N–H and O–H groups in total. The number of nitrogens with one attached hydrogen (secondary N) is 2. The van der Waals surface area contributed by atoms with Crippen molar-refractivity contribution < 1.29 is 14.3 Å². The number of methoxy groups -OCH3 is 1. The molecule has 0 fully saturated rings. The van der Waals surface area contributed by atoms with E-state index < -0.39 is 0 Å². The van der Waals surface area contributed by atoms with Crippen molar-refractivity contribution in [3.05, 3.63) is 42.0 Å². The third-order valence-electron chi connectivity index (χ3n) is 3.49. The number of thiazole rings is 1. The Labute approximate surface area is 148 Å². The first-order valence-corrected chi connectivity index (χ1v) is 8.45. The zero-order valence-electron chi connectivity index (χ0n) is 13.8. The fourth-order valence-corrected chi connectivity index (χ4v) is 3.19. The summed E-state index contributed by atoms with van der Waals surface area (Å²) in [4.78, 5) is 16.8. The number of benzene rings is 2. The van der Waals surface area contributed by atoms with Gasteiger partial charge in [-0.25, -0.2) is 10.8 Å². The average molecular weight is 358 g/mol. The van der Waals surface area contributed by atoms with Gasteiger partial charge in [-0.1, -0.05) is 11.3 Å². The van der Waals surface area contributed by atoms with Gasteiger partial charge in [-0.15, -0.1) is 0 Å². The second-order valence-electron chi connectivity index (χ2n) is 5.10. The van der Waals surface area contributed by atoms with Crippen LogP contribution in [0.3, 0.4) is 0 Å². The molecule has 0 radical (unpaired) electrons. The number of fused-ring (bicyclic) bond motifs is 1. The highest BCUT2D eigenvalue weighted by molar-refractivity contribution is 7.22. The Morgan fingerprint density at radius 1 is 1.28 bits per heavy atom. The molecule has 1 heterocycles. The Morgan fingerprint density at radius 2 is 2.04 bits per heavy atom. The molecule has 0 unspecified atom stereocenters. The van der Waals surface area contributed by atoms with Crippen molar-refractivity contribution in [1.29, 1.82) is 0 Å². The summed E-state index contributed by atoms with van der Waals surface area (Å²) >= 11 is 1.38. The van der Waals surface area contributed by atoms with Crippen molar-refractivity contribution in [2.75, 3.05) is 24.5 Å². The monoisotopic (exact) mass is 358 g/mol. The number of amides is 1. The molecule has 7 nitrogen and oxygen atoms in total. The maximum absolute atomic E-state index is 12.4. The molecule has 0 bridgehead atoms. The third-order valence-corrected chi connectivity index (χ3v) is 4.42. The van der Waals surface area contributed by atoms with Crippen molar-refractivity contribution in [1.82, 2.24) is 4.98 Å². The number of hydrazine groups is 1. The molecular formula is C17H18N4O3S. The maximum Gasteiger partial charge on any atom is 0.255 e. The smallest absolute Gasteiger partial charge is 0.255 e. The van der Waals surface area contributed by atoms with Gasteiger partial charge in [0.1, 0.15) is 17.0 Å². The van der Waals surface area contributed by atoms with Gasteiger partial charge >= 0.3 is 0 Å². The Kier molecular flexibility index (Phi) is 5.01. The van der Waals surface area contributed by atoms with Gasteiger partial charge < -0.3 is 14.8 Å². The van der Waals surface area contributed by atoms with Crippen LogP contribution in [0.15, 0.2) is 36.4 Å². The van der Waals surface area contributed by atoms with Crippen molar-refractivity contribution in [2.24, 2.45) is 5.84 Å². The summed E-state index contributed by atoms with van der Waals surface area (Å²) in [5.41, 5.74) is 4.37. The van der Waals surface area contributed by atoms with Crippen LogP contribution < -0.4 is 26.1 Å². The van der Waals surface area contributed by atoms with Crippen LogP contribution in [0, 0.1) is 0 Å². The second kappa shape index (κ2) is 7.37. The summed E-state index contributed by atoms with van der Waals surface area (Å²) in [5, 5.41) is 3.44. The Morgan fingerprint density at radius 3 is 2.68 bits per heavy atom. The minimum absolute atomic E-state index is 0.217. The highest BCUT2D eigenvalue weighted by Gasteiger charge is 2.13. The van der Waals surface area contributed by atoms with E-state index in [9.17, 15) is 4.79 Å². The van der Waals surface area contributed by atoms with Crippen LogP contribution >= 0.6 is 11.3 Å². The molecular weight excluding hydrogens is 340 g/mol. The number of rotatable bonds is 6. The highest BCUT2D eigenvalue weighted by atomic mass is 32.1. The van der Waals surface area contributed by atoms with Crippen LogP contribution in [0.25, 0.3) is 10.2 Å². The van der Waals surface area contributed by atoms with E-state index in [0.29, 0.717) is 34.3 Å². The van der Waals surface area contributed by atoms with Crippen LogP contribution in [-0.2, 0) is 0 Å². The Bertz CT molecular complexity index is 893. The van der Waals surface area contributed by atoms with Crippen molar-refractivity contribution in [3.63, 3.8) is 0 Å². The Balaban J connectivity index is 1.85. The number of nitrogens with two attached hydrogens (primary N) is 1. The average Bonchev–Trinajstić information content (AvgIpc) is 3.05. The van der Waals surface area contributed by atoms with E-state index in [0.717, 1.165) is 10.4 Å². The van der Waals surface area contributed by atoms with E-state index in [-0.39, 0.29) is 5.91 Å². The lowest BCUT2D eigenvalue weighted by atomic mass is 10.2. The zero-order chi connectivity index (χ0) is 17.8. The first-order chi connectivity index (χ1) is 12.1. The van der Waals surface area contributed by atoms with E-state index in [2.05, 4.69) is 15.7 Å². The molecule has 2 aromatic carbocycles. The number of anilines is 2. The van der Waals surface area contributed by atoms with Gasteiger partial charge in [0.2, 0.25) is 0 Å². The number of nitrogen functional groups attached to an aromatic ring is 1. The molecule has 3 rings (SSSR count). The Hall–Kier alpha value is -2.84. The normalized spacial score (nSPS) is 10.5. The summed E-state index contributed by atoms with van der Waals surface area (Å²) < 4.78 is 11.6. The molecule has 0 aliphatic carbocycles. The van der Waals surface area contributed by atoms with Gasteiger partial charge in [0.25, 0.3) is 5.91 Å². The van der Waals surface area contributed by atoms with Gasteiger partial charge in [0.15, 0.2) is 5.13 Å². The number of nitrogens with zero attached hydrogens (tertiary/aromatic N) is 1. The lowest BCUT2D eigenvalue weighted by Gasteiger charge is -2.09. The summed E-state index contributed by atoms with van der Waals surface area (Å²) in [6.45, 7) is 2.50. The van der Waals surface area contributed by atoms with Crippen LogP contribution in [0.5, 0.6) is 11.5 Å². The largest absolute Gasteiger partial charge is 0.494 e. The van der Waals surface area contributed by atoms with Crippen molar-refractivity contribution in [3.8, 4) is 11.5 Å². The van der Waals surface area contributed by atoms with Crippen LogP contribution in [0.1, 0.15) is 17.3 Å². The van der Waals surface area contributed by atoms with Crippen molar-refractivity contribution in [2.45, 2.75) is 6.92 Å². The molecule has 25 heavy (non-hydrogen) atoms. The van der Waals surface area contributed by atoms with Gasteiger partial charge in [0, 0.05) is 17.3 Å². The summed E-state index contributed by atoms with van der Waals surface area (Å²) in [6.07, 6.45) is 0. The van der Waals surface area contributed by atoms with E-state index >= 15 is 0 Å². The number of aromatic nitrogens is 1. The number of hydrogen-bond donors (Lipinski definition) is 3. The van der Waals surface area contributed by atoms with E-state index in [1.807, 2.05) is 13.0 Å². The highest BCUT2D eigenvalue weighted by Crippen LogP contribution is 2.35. The minimum Gasteiger partial charge on any atom is -0.494 e. The van der Waals surface area contributed by atoms with Gasteiger partial charge in [-0.05, 0) is 37.3 Å². The molecule has 1 amide bonds. The first kappa shape index (κ1) is 17.0. The lowest BCUT2D eigenvalue weighted by Crippen LogP contribution is -2.11. The standard InChI is InChI=1S/C17H18N4O3S/c1-3-24-12-6-4-10(5-7-12)16(22)19-11-8-13(23-2)15-14(9-11)25-17(20-15)21-18/h4-9H,3,18H2,1-2H3,(H,19,22)(H,20,21). The molecule has 1 aromatic heterocycles. The maximum atomic E-state index is 12.4. The molecule has 0 saturated heterocycles. The summed E-state index contributed by atoms with van der Waals surface area (Å²) in [7, 11) is 1.56. The van der Waals surface area contributed by atoms with Crippen LogP contribution in [-0.4, -0.2) is 24.6 Å². The quantitative estimate of drug-likeness (QED) is 0.462. The lowest BCUT2D eigenvalue weighted by molar-refractivity contribution is 0.102. The van der Waals surface area contributed by atoms with Crippen LogP contribution in [0.2, 0.25) is 0 Å². The first-order valence-electron chi connectivity index (χ1n) is 7.64. The molecule has 0 atom stereocenters. The molecule has 0 spiro atoms. The molecule has 0 aliphatic heterocycles. The topological polar surface area (TPSA) is 98.5 Å². The van der Waals surface area contributed by atoms with Gasteiger partial charge in [-0.3, -0.25) is 10.2 Å². The SMILES string of the molecule is CCOc1ccc(C(=O)Nc2cc(OC)c3nc(NN)sc3c2)cc1. The fraction of sp³-hybridized carbons (Fsp3) is 0.176. The van der Waals surface area contributed by atoms with E-state index in [1.54, 1.807) is 37.4 Å². The van der Waals surface area contributed by atoms with Crippen LogP contribution in [0.4, 0.5) is 10.8 Å². The fourth-order valence-electron chi connectivity index (χ4n) is 2.36. The number of carbonyl (C=O) groups is 1. The zero-order valence-corrected chi connectivity index (χ0v) is 14.6. The third kappa shape index (κ3) is 3.65. The molecule has 3 aromatic rings. The minimum atomic E-state index is -0.217. The van der Waals surface area contributed by atoms with E-state index in [4.69, 9.17) is 15.3 Å². The number of hydrogen-bond acceptors (Lipinski definition) is 7. The van der Waals surface area contributed by atoms with E-state index in [1.165, 1.54) is 11.3 Å². The molecule has 0 aliphatic rings. The van der Waals surface area contributed by atoms with Crippen molar-refractivity contribution >= 4 is 38.3 Å². The molecule has 8 heteroatoms. The number of ether oxygens (including phenoxy) is 2. The second-order valence-corrected chi connectivity index (χ2v) is 6.13. The predicted octanol–water partition coefficient (Wildman–Crippen LogP) is 3.24. The summed E-state index contributed by atoms with van der Waals surface area (Å²) in [6, 6.07) is 10.5. The summed E-state index contributed by atoms with van der Waals surface area (Å²) in [5.74, 6) is 6.49.